The fraction of sp³-hybridized carbons (Fsp3) is 0.400. The zero-order valence-corrected chi connectivity index (χ0v) is 15.3. The molecular formula is C20H24ClN3S. The Bertz CT molecular complexity index is 1120. The molecule has 2 heterocycles. The summed E-state index contributed by atoms with van der Waals surface area (Å²) in [6.45, 7) is -4.19. The molecule has 0 spiro atoms. The first-order chi connectivity index (χ1) is 15.7. The van der Waals surface area contributed by atoms with E-state index in [0.717, 1.165) is 16.7 Å². The van der Waals surface area contributed by atoms with Gasteiger partial charge in [0.15, 0.2) is 0 Å². The summed E-state index contributed by atoms with van der Waals surface area (Å²) in [6, 6.07) is 5.54. The van der Waals surface area contributed by atoms with Crippen LogP contribution in [0.5, 0.6) is 0 Å². The number of fused-ring (bicyclic) bond motifs is 2. The molecule has 1 fully saturated rings. The maximum Gasteiger partial charge on any atom is 0.0661 e. The molecule has 132 valence electrons. The van der Waals surface area contributed by atoms with Gasteiger partial charge in [-0.25, -0.2) is 0 Å². The molecule has 0 unspecified atom stereocenters. The summed E-state index contributed by atoms with van der Waals surface area (Å²) >= 11 is 7.25. The van der Waals surface area contributed by atoms with Gasteiger partial charge in [0.25, 0.3) is 0 Å². The molecule has 0 radical (unpaired) electrons. The van der Waals surface area contributed by atoms with Gasteiger partial charge in [-0.1, -0.05) is 35.5 Å². The molecular weight excluding hydrogens is 350 g/mol. The summed E-state index contributed by atoms with van der Waals surface area (Å²) in [6.07, 6.45) is -3.08. The van der Waals surface area contributed by atoms with E-state index >= 15 is 0 Å². The molecule has 4 rings (SSSR count). The highest BCUT2D eigenvalue weighted by molar-refractivity contribution is 7.99. The Balaban J connectivity index is 1.91. The van der Waals surface area contributed by atoms with Gasteiger partial charge in [-0.2, -0.15) is 0 Å². The fourth-order valence-corrected chi connectivity index (χ4v) is 3.86. The Kier molecular flexibility index (Phi) is 2.93. The summed E-state index contributed by atoms with van der Waals surface area (Å²) in [4.78, 5) is 4.87. The summed E-state index contributed by atoms with van der Waals surface area (Å²) in [5.74, 6) is 0. The van der Waals surface area contributed by atoms with E-state index in [1.165, 1.54) is 4.90 Å². The molecule has 2 aliphatic heterocycles. The van der Waals surface area contributed by atoms with Gasteiger partial charge in [0.2, 0.25) is 0 Å². The summed E-state index contributed by atoms with van der Waals surface area (Å²) in [7, 11) is 1.89. The van der Waals surface area contributed by atoms with Gasteiger partial charge in [-0.15, -0.1) is 0 Å². The maximum absolute atomic E-state index is 8.99. The van der Waals surface area contributed by atoms with Crippen LogP contribution in [0.1, 0.15) is 18.7 Å². The third-order valence-corrected chi connectivity index (χ3v) is 5.41. The van der Waals surface area contributed by atoms with Gasteiger partial charge >= 0.3 is 0 Å². The number of para-hydroxylation sites is 1. The number of rotatable bonds is 4. The van der Waals surface area contributed by atoms with Crippen LogP contribution in [0.25, 0.3) is 0 Å². The highest BCUT2D eigenvalue weighted by atomic mass is 35.5. The number of piperazine rings is 1. The number of hydrogen-bond acceptors (Lipinski definition) is 4. The summed E-state index contributed by atoms with van der Waals surface area (Å²) in [5.41, 5.74) is 0.0995. The van der Waals surface area contributed by atoms with Gasteiger partial charge in [-0.05, 0) is 50.2 Å². The lowest BCUT2D eigenvalue weighted by Crippen LogP contribution is -2.45. The minimum atomic E-state index is -3.08. The standard InChI is InChI=1S/C20H24ClN3S/c1-22-11-13-23(14-12-22)9-4-10-24-17-5-2-3-6-19(17)25-20-8-7-16(21)15-18(20)24/h2-3,5-8,15H,4,9-14H2,1H3/i4D2,7D,8D,9D2,10D2,15D. The van der Waals surface area contributed by atoms with Crippen molar-refractivity contribution < 1.29 is 12.3 Å². The topological polar surface area (TPSA) is 9.72 Å². The van der Waals surface area contributed by atoms with Crippen LogP contribution in [-0.2, 0) is 0 Å². The molecule has 2 aliphatic rings. The average molecular weight is 383 g/mol. The number of hydrogen-bond donors (Lipinski definition) is 0. The quantitative estimate of drug-likeness (QED) is 0.765. The van der Waals surface area contributed by atoms with E-state index in [-0.39, 0.29) is 46.5 Å². The molecule has 25 heavy (non-hydrogen) atoms. The summed E-state index contributed by atoms with van der Waals surface area (Å²) < 4.78 is 78.0. The lowest BCUT2D eigenvalue weighted by molar-refractivity contribution is 0.153. The molecule has 2 aromatic rings. The molecule has 0 aliphatic carbocycles. The third-order valence-electron chi connectivity index (χ3n) is 4.16. The number of nitrogens with zero attached hydrogens (tertiary/aromatic N) is 3. The predicted octanol–water partition coefficient (Wildman–Crippen LogP) is 4.58. The Morgan fingerprint density at radius 2 is 1.88 bits per heavy atom. The molecule has 0 atom stereocenters. The van der Waals surface area contributed by atoms with Crippen LogP contribution in [0, 0.1) is 0 Å². The zero-order valence-electron chi connectivity index (χ0n) is 22.8. The van der Waals surface area contributed by atoms with Crippen LogP contribution in [0.4, 0.5) is 11.4 Å². The fourth-order valence-electron chi connectivity index (χ4n) is 2.75. The van der Waals surface area contributed by atoms with Crippen molar-refractivity contribution in [3.63, 3.8) is 0 Å². The third kappa shape index (κ3) is 3.82. The molecule has 5 heteroatoms. The van der Waals surface area contributed by atoms with E-state index in [4.69, 9.17) is 23.9 Å². The predicted molar refractivity (Wildman–Crippen MR) is 108 cm³/mol. The molecule has 0 amide bonds. The van der Waals surface area contributed by atoms with Crippen LogP contribution < -0.4 is 4.90 Å². The second-order valence-electron chi connectivity index (χ2n) is 5.91. The normalized spacial score (nSPS) is 25.0. The highest BCUT2D eigenvalue weighted by Crippen LogP contribution is 2.48. The molecule has 0 aromatic heterocycles. The Labute approximate surface area is 172 Å². The van der Waals surface area contributed by atoms with Crippen molar-refractivity contribution in [2.45, 2.75) is 16.2 Å². The first kappa shape index (κ1) is 9.65. The highest BCUT2D eigenvalue weighted by Gasteiger charge is 2.23. The molecule has 0 bridgehead atoms. The maximum atomic E-state index is 8.99. The van der Waals surface area contributed by atoms with Crippen molar-refractivity contribution >= 4 is 34.7 Å². The largest absolute Gasteiger partial charge is 0.340 e. The molecule has 0 saturated carbocycles. The zero-order chi connectivity index (χ0) is 25.2. The minimum Gasteiger partial charge on any atom is -0.340 e. The van der Waals surface area contributed by atoms with Crippen molar-refractivity contribution in [2.24, 2.45) is 0 Å². The Morgan fingerprint density at radius 3 is 2.72 bits per heavy atom. The second kappa shape index (κ2) is 7.58. The summed E-state index contributed by atoms with van der Waals surface area (Å²) in [5, 5.41) is -0.341. The van der Waals surface area contributed by atoms with Crippen LogP contribution in [0.15, 0.2) is 52.2 Å². The lowest BCUT2D eigenvalue weighted by atomic mass is 10.2. The minimum absolute atomic E-state index is 0.109. The van der Waals surface area contributed by atoms with E-state index in [0.29, 0.717) is 18.0 Å². The van der Waals surface area contributed by atoms with Crippen LogP contribution in [0.2, 0.25) is 5.02 Å². The first-order valence-corrected chi connectivity index (χ1v) is 9.23. The lowest BCUT2D eigenvalue weighted by Gasteiger charge is -2.35. The first-order valence-electron chi connectivity index (χ1n) is 12.5. The van der Waals surface area contributed by atoms with Crippen LogP contribution >= 0.6 is 23.4 Å². The molecule has 2 aromatic carbocycles. The van der Waals surface area contributed by atoms with Gasteiger partial charge in [0, 0.05) is 55.7 Å². The van der Waals surface area contributed by atoms with E-state index in [2.05, 4.69) is 0 Å². The van der Waals surface area contributed by atoms with Gasteiger partial charge in [0.1, 0.15) is 0 Å². The Hall–Kier alpha value is -1.20. The molecule has 3 nitrogen and oxygen atoms in total. The number of likely N-dealkylation sites (N-methyl/N-ethyl adjacent to an activating group) is 1. The SMILES string of the molecule is [2H]c1c([2H])c2c(c([2H])c1Cl)N(C([2H])([2H])C([2H])([2H])C([2H])([2H])N1CCN(C)CC1)c1ccccc1S2. The molecule has 1 saturated heterocycles. The van der Waals surface area contributed by atoms with E-state index in [9.17, 15) is 0 Å². The Morgan fingerprint density at radius 1 is 1.08 bits per heavy atom. The van der Waals surface area contributed by atoms with Crippen LogP contribution in [0.3, 0.4) is 0 Å². The second-order valence-corrected chi connectivity index (χ2v) is 7.34. The average Bonchev–Trinajstić information content (AvgIpc) is 2.80. The number of anilines is 2. The van der Waals surface area contributed by atoms with Crippen molar-refractivity contribution in [1.29, 1.82) is 0 Å². The van der Waals surface area contributed by atoms with Gasteiger partial charge < -0.3 is 14.7 Å². The molecule has 0 N–H and O–H groups in total. The van der Waals surface area contributed by atoms with Gasteiger partial charge in [0.05, 0.1) is 15.5 Å². The smallest absolute Gasteiger partial charge is 0.0661 e. The van der Waals surface area contributed by atoms with E-state index < -0.39 is 25.4 Å². The van der Waals surface area contributed by atoms with Crippen molar-refractivity contribution in [3.05, 3.63) is 47.4 Å². The monoisotopic (exact) mass is 382 g/mol. The van der Waals surface area contributed by atoms with Crippen LogP contribution in [-0.4, -0.2) is 56.0 Å². The van der Waals surface area contributed by atoms with Gasteiger partial charge in [-0.3, -0.25) is 0 Å². The van der Waals surface area contributed by atoms with E-state index in [1.54, 1.807) is 24.3 Å². The van der Waals surface area contributed by atoms with Crippen molar-refractivity contribution in [1.82, 2.24) is 9.80 Å². The van der Waals surface area contributed by atoms with Crippen molar-refractivity contribution in [2.75, 3.05) is 51.1 Å². The van der Waals surface area contributed by atoms with E-state index in [1.807, 2.05) is 11.9 Å². The van der Waals surface area contributed by atoms with Crippen molar-refractivity contribution in [3.8, 4) is 0 Å². The number of halogens is 1. The number of benzene rings is 2.